The first-order valence-electron chi connectivity index (χ1n) is 8.88. The Hall–Kier alpha value is -1.74. The molecule has 0 aromatic heterocycles. The van der Waals surface area contributed by atoms with E-state index in [1.54, 1.807) is 0 Å². The molecule has 0 saturated carbocycles. The third kappa shape index (κ3) is 5.14. The molecule has 134 valence electrons. The van der Waals surface area contributed by atoms with Crippen LogP contribution in [0.3, 0.4) is 0 Å². The van der Waals surface area contributed by atoms with Crippen LogP contribution in [-0.4, -0.2) is 24.6 Å². The van der Waals surface area contributed by atoms with Gasteiger partial charge >= 0.3 is 0 Å². The lowest BCUT2D eigenvalue weighted by Gasteiger charge is -2.23. The van der Waals surface area contributed by atoms with Gasteiger partial charge in [-0.2, -0.15) is 0 Å². The predicted octanol–water partition coefficient (Wildman–Crippen LogP) is 6.31. The van der Waals surface area contributed by atoms with Gasteiger partial charge in [-0.1, -0.05) is 88.7 Å². The Morgan fingerprint density at radius 1 is 0.538 bits per heavy atom. The van der Waals surface area contributed by atoms with Crippen LogP contribution in [0.25, 0.3) is 11.1 Å². The molecular formula is C24H28P2. The van der Waals surface area contributed by atoms with Crippen molar-refractivity contribution in [3.63, 3.8) is 0 Å². The molecule has 2 rings (SSSR count). The van der Waals surface area contributed by atoms with Gasteiger partial charge in [0.05, 0.1) is 0 Å². The number of hydrogen-bond acceptors (Lipinski definition) is 0. The zero-order valence-electron chi connectivity index (χ0n) is 15.5. The van der Waals surface area contributed by atoms with E-state index >= 15 is 0 Å². The van der Waals surface area contributed by atoms with Gasteiger partial charge in [-0.15, -0.1) is 26.3 Å². The van der Waals surface area contributed by atoms with E-state index in [0.29, 0.717) is 0 Å². The Kier molecular flexibility index (Phi) is 8.76. The first kappa shape index (κ1) is 20.6. The van der Waals surface area contributed by atoms with E-state index in [9.17, 15) is 0 Å². The fraction of sp³-hybridized carbons (Fsp3) is 0.167. The van der Waals surface area contributed by atoms with E-state index < -0.39 is 0 Å². The predicted molar refractivity (Wildman–Crippen MR) is 125 cm³/mol. The molecule has 0 heterocycles. The van der Waals surface area contributed by atoms with Crippen molar-refractivity contribution >= 4 is 26.5 Å². The third-order valence-corrected chi connectivity index (χ3v) is 9.12. The molecule has 2 aromatic carbocycles. The first-order valence-corrected chi connectivity index (χ1v) is 12.3. The molecule has 0 amide bonds. The monoisotopic (exact) mass is 378 g/mol. The summed E-state index contributed by atoms with van der Waals surface area (Å²) in [5.74, 6) is 0. The summed E-state index contributed by atoms with van der Waals surface area (Å²) in [5.41, 5.74) is 2.72. The lowest BCUT2D eigenvalue weighted by molar-refractivity contribution is 1.62. The SMILES string of the molecule is C=CCP(CC=C)c1ccccc1-c1ccccc1P(CC=C)CC=C. The van der Waals surface area contributed by atoms with Gasteiger partial charge in [-0.3, -0.25) is 0 Å². The standard InChI is InChI=1S/C24H28P2/c1-5-17-25(18-6-2)23-15-11-9-13-21(23)22-14-10-12-16-24(22)26(19-7-3)20-8-4/h5-16H,1-4,17-20H2. The van der Waals surface area contributed by atoms with Crippen molar-refractivity contribution < 1.29 is 0 Å². The first-order chi connectivity index (χ1) is 12.8. The maximum absolute atomic E-state index is 3.97. The molecule has 0 aliphatic heterocycles. The quantitative estimate of drug-likeness (QED) is 0.317. The molecule has 0 spiro atoms. The normalized spacial score (nSPS) is 10.7. The van der Waals surface area contributed by atoms with Crippen molar-refractivity contribution in [3.8, 4) is 11.1 Å². The second kappa shape index (κ2) is 11.1. The van der Waals surface area contributed by atoms with Gasteiger partial charge in [0, 0.05) is 0 Å². The lowest BCUT2D eigenvalue weighted by atomic mass is 10.1. The number of allylic oxidation sites excluding steroid dienone is 4. The van der Waals surface area contributed by atoms with Crippen LogP contribution in [0, 0.1) is 0 Å². The molecule has 0 aliphatic carbocycles. The molecule has 0 atom stereocenters. The highest BCUT2D eigenvalue weighted by Gasteiger charge is 2.18. The second-order valence-electron chi connectivity index (χ2n) is 6.00. The molecule has 0 unspecified atom stereocenters. The van der Waals surface area contributed by atoms with Crippen LogP contribution >= 0.6 is 15.8 Å². The minimum atomic E-state index is -0.317. The van der Waals surface area contributed by atoms with E-state index in [2.05, 4.69) is 74.8 Å². The van der Waals surface area contributed by atoms with Crippen LogP contribution in [0.2, 0.25) is 0 Å². The minimum absolute atomic E-state index is 0.317. The van der Waals surface area contributed by atoms with E-state index in [1.165, 1.54) is 21.7 Å². The average Bonchev–Trinajstić information content (AvgIpc) is 2.68. The van der Waals surface area contributed by atoms with Crippen molar-refractivity contribution in [2.24, 2.45) is 0 Å². The van der Waals surface area contributed by atoms with Crippen LogP contribution in [0.1, 0.15) is 0 Å². The highest BCUT2D eigenvalue weighted by atomic mass is 31.1. The molecule has 2 heteroatoms. The van der Waals surface area contributed by atoms with Gasteiger partial charge < -0.3 is 0 Å². The fourth-order valence-electron chi connectivity index (χ4n) is 3.12. The Morgan fingerprint density at radius 2 is 0.846 bits per heavy atom. The van der Waals surface area contributed by atoms with E-state index in [4.69, 9.17) is 0 Å². The topological polar surface area (TPSA) is 0 Å². The zero-order valence-corrected chi connectivity index (χ0v) is 17.3. The molecule has 0 saturated heterocycles. The summed E-state index contributed by atoms with van der Waals surface area (Å²) in [6.45, 7) is 15.9. The van der Waals surface area contributed by atoms with E-state index in [-0.39, 0.29) is 15.8 Å². The molecule has 0 N–H and O–H groups in total. The number of benzene rings is 2. The molecule has 26 heavy (non-hydrogen) atoms. The van der Waals surface area contributed by atoms with Crippen LogP contribution in [0.4, 0.5) is 0 Å². The molecule has 0 nitrogen and oxygen atoms in total. The summed E-state index contributed by atoms with van der Waals surface area (Å²) < 4.78 is 0. The van der Waals surface area contributed by atoms with Gasteiger partial charge in [-0.05, 0) is 46.4 Å². The largest absolute Gasteiger partial charge is 0.103 e. The Balaban J connectivity index is 2.58. The minimum Gasteiger partial charge on any atom is -0.103 e. The second-order valence-corrected chi connectivity index (χ2v) is 10.6. The van der Waals surface area contributed by atoms with Crippen molar-refractivity contribution in [3.05, 3.63) is 99.2 Å². The van der Waals surface area contributed by atoms with Gasteiger partial charge in [0.1, 0.15) is 0 Å². The van der Waals surface area contributed by atoms with Crippen LogP contribution in [-0.2, 0) is 0 Å². The summed E-state index contributed by atoms with van der Waals surface area (Å²) >= 11 is 0. The molecular weight excluding hydrogens is 350 g/mol. The molecule has 2 aromatic rings. The van der Waals surface area contributed by atoms with Crippen LogP contribution < -0.4 is 10.6 Å². The summed E-state index contributed by atoms with van der Waals surface area (Å²) in [5, 5.41) is 2.89. The van der Waals surface area contributed by atoms with Gasteiger partial charge in [0.25, 0.3) is 0 Å². The Morgan fingerprint density at radius 3 is 1.15 bits per heavy atom. The Bertz CT molecular complexity index is 675. The molecule has 0 aliphatic rings. The number of rotatable bonds is 11. The zero-order chi connectivity index (χ0) is 18.8. The van der Waals surface area contributed by atoms with Gasteiger partial charge in [0.2, 0.25) is 0 Å². The molecule has 0 bridgehead atoms. The lowest BCUT2D eigenvalue weighted by Crippen LogP contribution is -2.14. The van der Waals surface area contributed by atoms with Crippen molar-refractivity contribution in [1.29, 1.82) is 0 Å². The van der Waals surface area contributed by atoms with Crippen molar-refractivity contribution in [2.45, 2.75) is 0 Å². The van der Waals surface area contributed by atoms with Crippen LogP contribution in [0.15, 0.2) is 99.2 Å². The summed E-state index contributed by atoms with van der Waals surface area (Å²) in [6, 6.07) is 17.7. The van der Waals surface area contributed by atoms with Crippen molar-refractivity contribution in [1.82, 2.24) is 0 Å². The highest BCUT2D eigenvalue weighted by molar-refractivity contribution is 7.67. The highest BCUT2D eigenvalue weighted by Crippen LogP contribution is 2.42. The fourth-order valence-corrected chi connectivity index (χ4v) is 7.12. The van der Waals surface area contributed by atoms with E-state index in [1.807, 2.05) is 24.3 Å². The van der Waals surface area contributed by atoms with Gasteiger partial charge in [-0.25, -0.2) is 0 Å². The van der Waals surface area contributed by atoms with Crippen molar-refractivity contribution in [2.75, 3.05) is 24.6 Å². The van der Waals surface area contributed by atoms with Crippen LogP contribution in [0.5, 0.6) is 0 Å². The Labute approximate surface area is 161 Å². The summed E-state index contributed by atoms with van der Waals surface area (Å²) in [7, 11) is -0.634. The molecule has 0 fully saturated rings. The van der Waals surface area contributed by atoms with E-state index in [0.717, 1.165) is 24.6 Å². The third-order valence-electron chi connectivity index (χ3n) is 4.18. The average molecular weight is 378 g/mol. The summed E-state index contributed by atoms with van der Waals surface area (Å²) in [4.78, 5) is 0. The number of hydrogen-bond donors (Lipinski definition) is 0. The molecule has 0 radical (unpaired) electrons. The maximum atomic E-state index is 3.97. The maximum Gasteiger partial charge on any atom is -0.0100 e. The summed E-state index contributed by atoms with van der Waals surface area (Å²) in [6.07, 6.45) is 12.3. The van der Waals surface area contributed by atoms with Gasteiger partial charge in [0.15, 0.2) is 0 Å². The smallest absolute Gasteiger partial charge is 0.0100 e.